The molecule has 1 N–H and O–H groups in total. The van der Waals surface area contributed by atoms with Crippen molar-refractivity contribution in [3.05, 3.63) is 34.3 Å². The van der Waals surface area contributed by atoms with E-state index in [9.17, 15) is 5.11 Å². The van der Waals surface area contributed by atoms with Gasteiger partial charge >= 0.3 is 0 Å². The molecule has 1 unspecified atom stereocenters. The number of nitrogens with zero attached hydrogens (tertiary/aromatic N) is 3. The maximum absolute atomic E-state index is 9.92. The highest BCUT2D eigenvalue weighted by Gasteiger charge is 2.11. The Morgan fingerprint density at radius 3 is 3.06 bits per heavy atom. The van der Waals surface area contributed by atoms with Crippen LogP contribution in [0.2, 0.25) is 0 Å². The molecular formula is C11H15N3OS. The minimum absolute atomic E-state index is 0.458. The van der Waals surface area contributed by atoms with Crippen molar-refractivity contribution in [2.45, 2.75) is 25.4 Å². The van der Waals surface area contributed by atoms with Crippen LogP contribution in [0.5, 0.6) is 0 Å². The number of rotatable bonds is 5. The molecule has 0 spiro atoms. The van der Waals surface area contributed by atoms with Crippen LogP contribution in [0.25, 0.3) is 0 Å². The quantitative estimate of drug-likeness (QED) is 0.864. The van der Waals surface area contributed by atoms with E-state index in [2.05, 4.69) is 27.8 Å². The van der Waals surface area contributed by atoms with Crippen LogP contribution in [0.4, 0.5) is 0 Å². The van der Waals surface area contributed by atoms with E-state index in [-0.39, 0.29) is 0 Å². The number of aromatic nitrogens is 3. The summed E-state index contributed by atoms with van der Waals surface area (Å²) in [5, 5.41) is 19.6. The largest absolute Gasteiger partial charge is 0.387 e. The van der Waals surface area contributed by atoms with Gasteiger partial charge in [0.1, 0.15) is 0 Å². The predicted octanol–water partition coefficient (Wildman–Crippen LogP) is 1.93. The molecule has 5 heteroatoms. The van der Waals surface area contributed by atoms with Crippen LogP contribution in [0.1, 0.15) is 29.5 Å². The van der Waals surface area contributed by atoms with E-state index in [0.29, 0.717) is 0 Å². The first-order valence-electron chi connectivity index (χ1n) is 5.32. The Morgan fingerprint density at radius 1 is 1.56 bits per heavy atom. The molecule has 0 saturated carbocycles. The summed E-state index contributed by atoms with van der Waals surface area (Å²) in [5.74, 6) is 0. The highest BCUT2D eigenvalue weighted by Crippen LogP contribution is 2.19. The zero-order valence-corrected chi connectivity index (χ0v) is 10.0. The van der Waals surface area contributed by atoms with Crippen LogP contribution < -0.4 is 0 Å². The van der Waals surface area contributed by atoms with Crippen molar-refractivity contribution >= 4 is 11.3 Å². The highest BCUT2D eigenvalue weighted by molar-refractivity contribution is 7.09. The molecule has 1 atom stereocenters. The Kier molecular flexibility index (Phi) is 3.69. The molecule has 0 saturated heterocycles. The average molecular weight is 237 g/mol. The zero-order chi connectivity index (χ0) is 11.4. The lowest BCUT2D eigenvalue weighted by molar-refractivity contribution is 0.155. The Morgan fingerprint density at radius 2 is 2.44 bits per heavy atom. The fourth-order valence-corrected chi connectivity index (χ4v) is 2.42. The predicted molar refractivity (Wildman–Crippen MR) is 63.2 cm³/mol. The number of aryl methyl sites for hydroxylation is 2. The maximum Gasteiger partial charge on any atom is 0.0973 e. The number of hydrogen-bond donors (Lipinski definition) is 1. The van der Waals surface area contributed by atoms with Crippen LogP contribution in [-0.4, -0.2) is 20.1 Å². The third-order valence-corrected chi connectivity index (χ3v) is 3.51. The van der Waals surface area contributed by atoms with Gasteiger partial charge in [-0.25, -0.2) is 4.68 Å². The molecule has 0 aromatic carbocycles. The zero-order valence-electron chi connectivity index (χ0n) is 9.21. The molecule has 0 fully saturated rings. The molecular weight excluding hydrogens is 222 g/mol. The van der Waals surface area contributed by atoms with Crippen molar-refractivity contribution in [1.82, 2.24) is 15.0 Å². The van der Waals surface area contributed by atoms with E-state index in [1.54, 1.807) is 29.3 Å². The summed E-state index contributed by atoms with van der Waals surface area (Å²) in [6.45, 7) is 0. The van der Waals surface area contributed by atoms with Gasteiger partial charge in [0.2, 0.25) is 0 Å². The second kappa shape index (κ2) is 5.23. The smallest absolute Gasteiger partial charge is 0.0973 e. The number of hydrogen-bond acceptors (Lipinski definition) is 4. The van der Waals surface area contributed by atoms with E-state index in [1.165, 1.54) is 4.88 Å². The molecule has 2 rings (SSSR count). The Balaban J connectivity index is 1.80. The van der Waals surface area contributed by atoms with Crippen molar-refractivity contribution in [2.24, 2.45) is 7.05 Å². The number of thiophene rings is 1. The van der Waals surface area contributed by atoms with Crippen LogP contribution in [0.3, 0.4) is 0 Å². The van der Waals surface area contributed by atoms with E-state index >= 15 is 0 Å². The van der Waals surface area contributed by atoms with Gasteiger partial charge < -0.3 is 5.11 Å². The van der Waals surface area contributed by atoms with Gasteiger partial charge in [-0.1, -0.05) is 11.3 Å². The van der Waals surface area contributed by atoms with Gasteiger partial charge in [0, 0.05) is 11.9 Å². The van der Waals surface area contributed by atoms with Crippen molar-refractivity contribution < 1.29 is 5.11 Å². The van der Waals surface area contributed by atoms with E-state index < -0.39 is 6.10 Å². The number of aliphatic hydroxyl groups is 1. The molecule has 0 radical (unpaired) electrons. The standard InChI is InChI=1S/C11H15N3OS/c1-14-10(8-12-13-14)11(15)6-2-4-9-5-3-7-16-9/h3,5,7-8,11,15H,2,4,6H2,1H3. The average Bonchev–Trinajstić information content (AvgIpc) is 2.88. The third kappa shape index (κ3) is 2.68. The molecule has 2 aromatic heterocycles. The minimum atomic E-state index is -0.458. The van der Waals surface area contributed by atoms with Gasteiger partial charge in [0.15, 0.2) is 0 Å². The van der Waals surface area contributed by atoms with Crippen LogP contribution >= 0.6 is 11.3 Å². The maximum atomic E-state index is 9.92. The summed E-state index contributed by atoms with van der Waals surface area (Å²) in [6, 6.07) is 4.18. The van der Waals surface area contributed by atoms with Crippen LogP contribution in [0.15, 0.2) is 23.7 Å². The fourth-order valence-electron chi connectivity index (χ4n) is 1.67. The van der Waals surface area contributed by atoms with Gasteiger partial charge in [-0.05, 0) is 30.7 Å². The van der Waals surface area contributed by atoms with Crippen molar-refractivity contribution in [3.8, 4) is 0 Å². The van der Waals surface area contributed by atoms with E-state index in [4.69, 9.17) is 0 Å². The first kappa shape index (κ1) is 11.3. The summed E-state index contributed by atoms with van der Waals surface area (Å²) in [4.78, 5) is 1.37. The summed E-state index contributed by atoms with van der Waals surface area (Å²) < 4.78 is 1.62. The molecule has 16 heavy (non-hydrogen) atoms. The molecule has 86 valence electrons. The van der Waals surface area contributed by atoms with Gasteiger partial charge in [0.25, 0.3) is 0 Å². The summed E-state index contributed by atoms with van der Waals surface area (Å²) >= 11 is 1.76. The van der Waals surface area contributed by atoms with Gasteiger partial charge in [0.05, 0.1) is 18.0 Å². The lowest BCUT2D eigenvalue weighted by Gasteiger charge is -2.09. The Hall–Kier alpha value is -1.20. The minimum Gasteiger partial charge on any atom is -0.387 e. The second-order valence-corrected chi connectivity index (χ2v) is 4.80. The Bertz CT molecular complexity index is 424. The van der Waals surface area contributed by atoms with E-state index in [0.717, 1.165) is 25.0 Å². The van der Waals surface area contributed by atoms with Crippen LogP contribution in [0, 0.1) is 0 Å². The molecule has 0 aliphatic rings. The van der Waals surface area contributed by atoms with Crippen LogP contribution in [-0.2, 0) is 13.5 Å². The monoisotopic (exact) mass is 237 g/mol. The van der Waals surface area contributed by atoms with E-state index in [1.807, 2.05) is 0 Å². The second-order valence-electron chi connectivity index (χ2n) is 3.77. The lowest BCUT2D eigenvalue weighted by atomic mass is 10.1. The molecule has 4 nitrogen and oxygen atoms in total. The summed E-state index contributed by atoms with van der Waals surface area (Å²) in [5.41, 5.74) is 0.783. The molecule has 0 amide bonds. The highest BCUT2D eigenvalue weighted by atomic mass is 32.1. The summed E-state index contributed by atoms with van der Waals surface area (Å²) in [6.07, 6.45) is 3.92. The first-order valence-corrected chi connectivity index (χ1v) is 6.20. The summed E-state index contributed by atoms with van der Waals surface area (Å²) in [7, 11) is 1.80. The number of aliphatic hydroxyl groups excluding tert-OH is 1. The van der Waals surface area contributed by atoms with Gasteiger partial charge in [-0.3, -0.25) is 0 Å². The topological polar surface area (TPSA) is 50.9 Å². The molecule has 0 bridgehead atoms. The lowest BCUT2D eigenvalue weighted by Crippen LogP contribution is -2.05. The fraction of sp³-hybridized carbons (Fsp3) is 0.455. The molecule has 0 aliphatic carbocycles. The first-order chi connectivity index (χ1) is 7.77. The SMILES string of the molecule is Cn1nncc1C(O)CCCc1cccs1. The van der Waals surface area contributed by atoms with Gasteiger partial charge in [-0.2, -0.15) is 0 Å². The molecule has 2 heterocycles. The van der Waals surface area contributed by atoms with Crippen molar-refractivity contribution in [1.29, 1.82) is 0 Å². The van der Waals surface area contributed by atoms with Crippen molar-refractivity contribution in [3.63, 3.8) is 0 Å². The van der Waals surface area contributed by atoms with Gasteiger partial charge in [-0.15, -0.1) is 16.4 Å². The molecule has 2 aromatic rings. The molecule has 0 aliphatic heterocycles. The third-order valence-electron chi connectivity index (χ3n) is 2.57. The normalized spacial score (nSPS) is 12.9. The van der Waals surface area contributed by atoms with Crippen molar-refractivity contribution in [2.75, 3.05) is 0 Å². The Labute approximate surface area is 98.5 Å².